The third kappa shape index (κ3) is 4.11. The van der Waals surface area contributed by atoms with Gasteiger partial charge in [-0.25, -0.2) is 0 Å². The van der Waals surface area contributed by atoms with Crippen LogP contribution < -0.4 is 5.32 Å². The maximum Gasteiger partial charge on any atom is 0.234 e. The molecule has 0 aliphatic heterocycles. The molecule has 1 amide bonds. The van der Waals surface area contributed by atoms with E-state index in [1.165, 1.54) is 50.3 Å². The number of anilines is 1. The molecule has 0 atom stereocenters. The number of carbonyl (C=O) groups is 1. The Hall–Kier alpha value is -1.24. The topological polar surface area (TPSA) is 59.8 Å². The Bertz CT molecular complexity index is 941. The van der Waals surface area contributed by atoms with Gasteiger partial charge in [0.15, 0.2) is 5.16 Å². The number of carbonyl (C=O) groups excluding carboxylic acids is 1. The zero-order valence-corrected chi connectivity index (χ0v) is 19.4. The van der Waals surface area contributed by atoms with Gasteiger partial charge in [0.25, 0.3) is 0 Å². The Morgan fingerprint density at radius 3 is 2.47 bits per heavy atom. The predicted molar refractivity (Wildman–Crippen MR) is 121 cm³/mol. The van der Waals surface area contributed by atoms with Gasteiger partial charge in [-0.3, -0.25) is 4.79 Å². The van der Waals surface area contributed by atoms with Gasteiger partial charge in [0.1, 0.15) is 5.82 Å². The monoisotopic (exact) mass is 464 g/mol. The quantitative estimate of drug-likeness (QED) is 0.564. The largest absolute Gasteiger partial charge is 0.324 e. The molecule has 0 unspecified atom stereocenters. The molecule has 1 heterocycles. The molecule has 6 rings (SSSR count). The summed E-state index contributed by atoms with van der Waals surface area (Å²) in [5.41, 5.74) is 0.993. The van der Waals surface area contributed by atoms with E-state index < -0.39 is 0 Å². The van der Waals surface area contributed by atoms with Gasteiger partial charge in [0.2, 0.25) is 5.91 Å². The van der Waals surface area contributed by atoms with Crippen molar-refractivity contribution >= 4 is 46.6 Å². The van der Waals surface area contributed by atoms with Crippen LogP contribution in [0.25, 0.3) is 0 Å². The van der Waals surface area contributed by atoms with Crippen molar-refractivity contribution in [3.8, 4) is 0 Å². The van der Waals surface area contributed by atoms with Crippen molar-refractivity contribution in [3.05, 3.63) is 34.1 Å². The number of benzene rings is 1. The maximum atomic E-state index is 12.4. The summed E-state index contributed by atoms with van der Waals surface area (Å²) in [6.45, 7) is 0. The lowest BCUT2D eigenvalue weighted by molar-refractivity contribution is -0.113. The van der Waals surface area contributed by atoms with E-state index in [1.54, 1.807) is 18.2 Å². The van der Waals surface area contributed by atoms with Crippen LogP contribution in [0.4, 0.5) is 5.69 Å². The van der Waals surface area contributed by atoms with Gasteiger partial charge >= 0.3 is 0 Å². The van der Waals surface area contributed by atoms with E-state index in [1.807, 2.05) is 7.05 Å². The summed E-state index contributed by atoms with van der Waals surface area (Å²) in [6, 6.07) is 5.03. The first-order valence-electron chi connectivity index (χ1n) is 10.7. The number of thioether (sulfide) groups is 1. The molecular formula is C22H26Cl2N4OS. The molecule has 4 aliphatic carbocycles. The molecule has 2 aromatic rings. The molecule has 30 heavy (non-hydrogen) atoms. The second-order valence-electron chi connectivity index (χ2n) is 9.51. The second-order valence-corrected chi connectivity index (χ2v) is 11.3. The fourth-order valence-electron chi connectivity index (χ4n) is 6.37. The normalized spacial score (nSPS) is 29.4. The predicted octanol–water partition coefficient (Wildman–Crippen LogP) is 5.61. The Morgan fingerprint density at radius 1 is 1.17 bits per heavy atom. The first-order valence-corrected chi connectivity index (χ1v) is 12.4. The Kier molecular flexibility index (Phi) is 5.53. The van der Waals surface area contributed by atoms with Crippen molar-refractivity contribution in [2.75, 3.05) is 11.1 Å². The summed E-state index contributed by atoms with van der Waals surface area (Å²) in [7, 11) is 2.02. The minimum atomic E-state index is -0.130. The summed E-state index contributed by atoms with van der Waals surface area (Å²) in [4.78, 5) is 12.4. The molecule has 4 fully saturated rings. The molecule has 0 saturated heterocycles. The molecule has 0 spiro atoms. The van der Waals surface area contributed by atoms with Crippen LogP contribution in [0, 0.1) is 23.2 Å². The lowest BCUT2D eigenvalue weighted by atomic mass is 9.49. The zero-order valence-electron chi connectivity index (χ0n) is 17.0. The number of hydrogen-bond acceptors (Lipinski definition) is 4. The van der Waals surface area contributed by atoms with Crippen molar-refractivity contribution in [1.29, 1.82) is 0 Å². The zero-order chi connectivity index (χ0) is 20.9. The molecule has 0 radical (unpaired) electrons. The number of rotatable bonds is 6. The van der Waals surface area contributed by atoms with E-state index in [2.05, 4.69) is 20.1 Å². The molecular weight excluding hydrogens is 439 g/mol. The van der Waals surface area contributed by atoms with Gasteiger partial charge in [-0.2, -0.15) is 0 Å². The highest BCUT2D eigenvalue weighted by atomic mass is 35.5. The van der Waals surface area contributed by atoms with Crippen molar-refractivity contribution < 1.29 is 4.79 Å². The fourth-order valence-corrected chi connectivity index (χ4v) is 7.56. The van der Waals surface area contributed by atoms with E-state index >= 15 is 0 Å². The second kappa shape index (κ2) is 8.03. The van der Waals surface area contributed by atoms with E-state index in [4.69, 9.17) is 23.2 Å². The summed E-state index contributed by atoms with van der Waals surface area (Å²) in [5, 5.41) is 13.5. The van der Waals surface area contributed by atoms with E-state index in [-0.39, 0.29) is 11.7 Å². The Balaban J connectivity index is 1.21. The molecule has 5 nitrogen and oxygen atoms in total. The first-order chi connectivity index (χ1) is 14.4. The number of nitrogens with one attached hydrogen (secondary N) is 1. The SMILES string of the molecule is Cn1c(CC23CC4CC(CC(C4)C2)C3)nnc1SCC(=O)Nc1ccc(Cl)cc1Cl. The molecule has 4 bridgehead atoms. The van der Waals surface area contributed by atoms with Crippen molar-refractivity contribution in [1.82, 2.24) is 14.8 Å². The summed E-state index contributed by atoms with van der Waals surface area (Å²) < 4.78 is 2.08. The van der Waals surface area contributed by atoms with E-state index in [0.717, 1.165) is 35.2 Å². The Morgan fingerprint density at radius 2 is 1.83 bits per heavy atom. The van der Waals surface area contributed by atoms with Crippen LogP contribution in [0.2, 0.25) is 10.0 Å². The standard InChI is InChI=1S/C22H26Cl2N4OS/c1-28-19(11-22-8-13-4-14(9-22)6-15(5-13)10-22)26-27-21(28)30-12-20(29)25-18-3-2-16(23)7-17(18)24/h2-3,7,13-15H,4-6,8-12H2,1H3,(H,25,29). The van der Waals surface area contributed by atoms with Crippen molar-refractivity contribution in [3.63, 3.8) is 0 Å². The van der Waals surface area contributed by atoms with Crippen LogP contribution in [0.15, 0.2) is 23.4 Å². The van der Waals surface area contributed by atoms with Crippen molar-refractivity contribution in [2.24, 2.45) is 30.2 Å². The summed E-state index contributed by atoms with van der Waals surface area (Å²) in [6.07, 6.45) is 9.45. The van der Waals surface area contributed by atoms with Crippen molar-refractivity contribution in [2.45, 2.75) is 50.1 Å². The number of hydrogen-bond donors (Lipinski definition) is 1. The van der Waals surface area contributed by atoms with E-state index in [0.29, 0.717) is 21.1 Å². The summed E-state index contributed by atoms with van der Waals surface area (Å²) >= 11 is 13.4. The number of halogens is 2. The lowest BCUT2D eigenvalue weighted by Crippen LogP contribution is -2.47. The van der Waals surface area contributed by atoms with Gasteiger partial charge in [-0.1, -0.05) is 35.0 Å². The Labute approximate surface area is 191 Å². The van der Waals surface area contributed by atoms with Crippen LogP contribution in [0.5, 0.6) is 0 Å². The highest BCUT2D eigenvalue weighted by Crippen LogP contribution is 2.60. The highest BCUT2D eigenvalue weighted by molar-refractivity contribution is 7.99. The van der Waals surface area contributed by atoms with Crippen LogP contribution in [0.3, 0.4) is 0 Å². The average molecular weight is 465 g/mol. The number of amides is 1. The fraction of sp³-hybridized carbons (Fsp3) is 0.591. The van der Waals surface area contributed by atoms with E-state index in [9.17, 15) is 4.79 Å². The average Bonchev–Trinajstić information content (AvgIpc) is 3.00. The van der Waals surface area contributed by atoms with Crippen LogP contribution >= 0.6 is 35.0 Å². The minimum Gasteiger partial charge on any atom is -0.324 e. The first kappa shape index (κ1) is 20.7. The van der Waals surface area contributed by atoms with Gasteiger partial charge < -0.3 is 9.88 Å². The molecule has 1 N–H and O–H groups in total. The molecule has 8 heteroatoms. The van der Waals surface area contributed by atoms with Gasteiger partial charge in [0, 0.05) is 18.5 Å². The summed E-state index contributed by atoms with van der Waals surface area (Å²) in [5.74, 6) is 3.98. The smallest absolute Gasteiger partial charge is 0.234 e. The maximum absolute atomic E-state index is 12.4. The molecule has 1 aromatic carbocycles. The van der Waals surface area contributed by atoms with Gasteiger partial charge in [-0.15, -0.1) is 10.2 Å². The minimum absolute atomic E-state index is 0.130. The number of aromatic nitrogens is 3. The molecule has 4 saturated carbocycles. The third-order valence-corrected chi connectivity index (χ3v) is 8.73. The lowest BCUT2D eigenvalue weighted by Gasteiger charge is -2.56. The van der Waals surface area contributed by atoms with Gasteiger partial charge in [-0.05, 0) is 79.9 Å². The molecule has 4 aliphatic rings. The molecule has 1 aromatic heterocycles. The van der Waals surface area contributed by atoms with Gasteiger partial charge in [0.05, 0.1) is 16.5 Å². The van der Waals surface area contributed by atoms with Crippen LogP contribution in [-0.2, 0) is 18.3 Å². The third-order valence-electron chi connectivity index (χ3n) is 7.16. The number of nitrogens with zero attached hydrogens (tertiary/aromatic N) is 3. The van der Waals surface area contributed by atoms with Crippen LogP contribution in [0.1, 0.15) is 44.3 Å². The highest BCUT2D eigenvalue weighted by Gasteiger charge is 2.51. The van der Waals surface area contributed by atoms with Crippen LogP contribution in [-0.4, -0.2) is 26.4 Å². The molecule has 160 valence electrons.